The van der Waals surface area contributed by atoms with Crippen molar-refractivity contribution in [2.45, 2.75) is 31.3 Å². The van der Waals surface area contributed by atoms with Gasteiger partial charge in [-0.2, -0.15) is 0 Å². The lowest BCUT2D eigenvalue weighted by atomic mass is 10.1. The Labute approximate surface area is 125 Å². The van der Waals surface area contributed by atoms with Crippen molar-refractivity contribution in [1.29, 1.82) is 0 Å². The van der Waals surface area contributed by atoms with E-state index in [1.165, 1.54) is 20.0 Å². The molecule has 2 fully saturated rings. The Morgan fingerprint density at radius 3 is 2.81 bits per heavy atom. The van der Waals surface area contributed by atoms with Crippen molar-refractivity contribution < 1.29 is 9.53 Å². The lowest BCUT2D eigenvalue weighted by Crippen LogP contribution is -2.37. The third kappa shape index (κ3) is 2.46. The molecule has 0 aliphatic carbocycles. The number of anilines is 2. The van der Waals surface area contributed by atoms with Gasteiger partial charge in [0.05, 0.1) is 24.0 Å². The zero-order chi connectivity index (χ0) is 15.0. The summed E-state index contributed by atoms with van der Waals surface area (Å²) in [6.45, 7) is 1.96. The first kappa shape index (κ1) is 14.2. The van der Waals surface area contributed by atoms with E-state index >= 15 is 0 Å². The molecule has 1 aromatic carbocycles. The molecule has 0 amide bonds. The maximum Gasteiger partial charge on any atom is 0.340 e. The number of nitrogens with zero attached hydrogens (tertiary/aromatic N) is 2. The van der Waals surface area contributed by atoms with Crippen molar-refractivity contribution in [2.75, 3.05) is 37.9 Å². The number of para-hydroxylation sites is 1. The highest BCUT2D eigenvalue weighted by molar-refractivity contribution is 5.98. The molecule has 0 radical (unpaired) electrons. The maximum atomic E-state index is 11.8. The second-order valence-electron chi connectivity index (χ2n) is 6.02. The Morgan fingerprint density at radius 2 is 2.05 bits per heavy atom. The largest absolute Gasteiger partial charge is 0.465 e. The van der Waals surface area contributed by atoms with Crippen LogP contribution in [-0.4, -0.2) is 50.2 Å². The summed E-state index contributed by atoms with van der Waals surface area (Å²) in [7, 11) is 3.61. The number of hydrogen-bond acceptors (Lipinski definition) is 5. The molecule has 2 atom stereocenters. The molecule has 21 heavy (non-hydrogen) atoms. The quantitative estimate of drug-likeness (QED) is 0.664. The predicted octanol–water partition coefficient (Wildman–Crippen LogP) is 1.73. The molecule has 3 rings (SSSR count). The third-order valence-electron chi connectivity index (χ3n) is 4.98. The normalized spacial score (nSPS) is 25.7. The Morgan fingerprint density at radius 1 is 1.29 bits per heavy atom. The molecule has 2 saturated heterocycles. The molecule has 2 aliphatic rings. The van der Waals surface area contributed by atoms with Crippen molar-refractivity contribution in [1.82, 2.24) is 4.90 Å². The van der Waals surface area contributed by atoms with Crippen LogP contribution >= 0.6 is 0 Å². The number of ether oxygens (including phenoxy) is 1. The number of nitrogens with two attached hydrogens (primary N) is 1. The SMILES string of the molecule is COC(=O)c1cccc(N2CCC3CCC(C2)N3C)c1N. The van der Waals surface area contributed by atoms with Gasteiger partial charge in [0.1, 0.15) is 0 Å². The van der Waals surface area contributed by atoms with Crippen molar-refractivity contribution in [3.8, 4) is 0 Å². The average Bonchev–Trinajstić information content (AvgIpc) is 2.72. The summed E-state index contributed by atoms with van der Waals surface area (Å²) in [5, 5.41) is 0. The summed E-state index contributed by atoms with van der Waals surface area (Å²) >= 11 is 0. The summed E-state index contributed by atoms with van der Waals surface area (Å²) in [5.74, 6) is -0.372. The number of esters is 1. The topological polar surface area (TPSA) is 58.8 Å². The van der Waals surface area contributed by atoms with Gasteiger partial charge in [0, 0.05) is 25.2 Å². The molecule has 114 valence electrons. The fourth-order valence-electron chi connectivity index (χ4n) is 3.64. The Bertz CT molecular complexity index is 546. The number of fused-ring (bicyclic) bond motifs is 2. The number of rotatable bonds is 2. The maximum absolute atomic E-state index is 11.8. The van der Waals surface area contributed by atoms with Crippen LogP contribution in [0.25, 0.3) is 0 Å². The number of nitrogen functional groups attached to an aromatic ring is 1. The molecule has 5 nitrogen and oxygen atoms in total. The Balaban J connectivity index is 1.89. The molecule has 0 aromatic heterocycles. The van der Waals surface area contributed by atoms with E-state index in [0.29, 0.717) is 23.3 Å². The number of carbonyl (C=O) groups is 1. The minimum Gasteiger partial charge on any atom is -0.465 e. The van der Waals surface area contributed by atoms with Gasteiger partial charge in [-0.05, 0) is 38.4 Å². The van der Waals surface area contributed by atoms with Gasteiger partial charge < -0.3 is 15.4 Å². The van der Waals surface area contributed by atoms with Gasteiger partial charge in [0.25, 0.3) is 0 Å². The molecule has 5 heteroatoms. The number of carbonyl (C=O) groups excluding carboxylic acids is 1. The predicted molar refractivity (Wildman–Crippen MR) is 83.6 cm³/mol. The van der Waals surface area contributed by atoms with Crippen molar-refractivity contribution in [3.05, 3.63) is 23.8 Å². The van der Waals surface area contributed by atoms with Crippen LogP contribution in [0.15, 0.2) is 18.2 Å². The van der Waals surface area contributed by atoms with Crippen LogP contribution in [0, 0.1) is 0 Å². The number of methoxy groups -OCH3 is 1. The van der Waals surface area contributed by atoms with Gasteiger partial charge in [-0.1, -0.05) is 6.07 Å². The fraction of sp³-hybridized carbons (Fsp3) is 0.562. The zero-order valence-corrected chi connectivity index (χ0v) is 12.7. The molecule has 2 bridgehead atoms. The standard InChI is InChI=1S/C16H23N3O2/c1-18-11-6-7-12(18)10-19(9-8-11)14-5-3-4-13(15(14)17)16(20)21-2/h3-5,11-12H,6-10,17H2,1-2H3. The van der Waals surface area contributed by atoms with Crippen LogP contribution < -0.4 is 10.6 Å². The van der Waals surface area contributed by atoms with Gasteiger partial charge in [0.2, 0.25) is 0 Å². The van der Waals surface area contributed by atoms with Gasteiger partial charge in [0.15, 0.2) is 0 Å². The first-order valence-electron chi connectivity index (χ1n) is 7.55. The highest BCUT2D eigenvalue weighted by Gasteiger charge is 2.35. The fourth-order valence-corrected chi connectivity index (χ4v) is 3.64. The Hall–Kier alpha value is -1.75. The molecule has 2 aliphatic heterocycles. The minimum atomic E-state index is -0.372. The molecule has 0 saturated carbocycles. The zero-order valence-electron chi connectivity index (χ0n) is 12.7. The summed E-state index contributed by atoms with van der Waals surface area (Å²) in [4.78, 5) is 16.6. The summed E-state index contributed by atoms with van der Waals surface area (Å²) < 4.78 is 4.80. The van der Waals surface area contributed by atoms with Gasteiger partial charge in [-0.15, -0.1) is 0 Å². The van der Waals surface area contributed by atoms with Gasteiger partial charge in [-0.25, -0.2) is 4.79 Å². The van der Waals surface area contributed by atoms with E-state index in [1.54, 1.807) is 6.07 Å². The third-order valence-corrected chi connectivity index (χ3v) is 4.98. The second kappa shape index (κ2) is 5.56. The van der Waals surface area contributed by atoms with Crippen LogP contribution in [-0.2, 0) is 4.74 Å². The van der Waals surface area contributed by atoms with Crippen molar-refractivity contribution in [3.63, 3.8) is 0 Å². The summed E-state index contributed by atoms with van der Waals surface area (Å²) in [6.07, 6.45) is 3.69. The Kier molecular flexibility index (Phi) is 3.76. The lowest BCUT2D eigenvalue weighted by molar-refractivity contribution is 0.0602. The molecule has 1 aromatic rings. The molecule has 2 unspecified atom stereocenters. The van der Waals surface area contributed by atoms with E-state index in [4.69, 9.17) is 10.5 Å². The molecular formula is C16H23N3O2. The van der Waals surface area contributed by atoms with Crippen LogP contribution in [0.3, 0.4) is 0 Å². The molecule has 0 spiro atoms. The van der Waals surface area contributed by atoms with Crippen molar-refractivity contribution >= 4 is 17.3 Å². The first-order chi connectivity index (χ1) is 10.1. The average molecular weight is 289 g/mol. The smallest absolute Gasteiger partial charge is 0.340 e. The highest BCUT2D eigenvalue weighted by Crippen LogP contribution is 2.34. The lowest BCUT2D eigenvalue weighted by Gasteiger charge is -2.29. The van der Waals surface area contributed by atoms with Gasteiger partial charge >= 0.3 is 5.97 Å². The number of likely N-dealkylation sites (N-methyl/N-ethyl adjacent to an activating group) is 1. The van der Waals surface area contributed by atoms with Crippen molar-refractivity contribution in [2.24, 2.45) is 0 Å². The van der Waals surface area contributed by atoms with Crippen LogP contribution in [0.2, 0.25) is 0 Å². The summed E-state index contributed by atoms with van der Waals surface area (Å²) in [5.41, 5.74) is 8.16. The monoisotopic (exact) mass is 289 g/mol. The van der Waals surface area contributed by atoms with E-state index in [9.17, 15) is 4.79 Å². The molecule has 2 heterocycles. The van der Waals surface area contributed by atoms with E-state index < -0.39 is 0 Å². The van der Waals surface area contributed by atoms with E-state index in [1.807, 2.05) is 12.1 Å². The minimum absolute atomic E-state index is 0.372. The summed E-state index contributed by atoms with van der Waals surface area (Å²) in [6, 6.07) is 6.87. The van der Waals surface area contributed by atoms with Gasteiger partial charge in [-0.3, -0.25) is 4.90 Å². The first-order valence-corrected chi connectivity index (χ1v) is 7.55. The molecular weight excluding hydrogens is 266 g/mol. The highest BCUT2D eigenvalue weighted by atomic mass is 16.5. The van der Waals surface area contributed by atoms with E-state index in [2.05, 4.69) is 16.8 Å². The van der Waals surface area contributed by atoms with E-state index in [-0.39, 0.29) is 5.97 Å². The van der Waals surface area contributed by atoms with Crippen LogP contribution in [0.4, 0.5) is 11.4 Å². The number of benzene rings is 1. The number of hydrogen-bond donors (Lipinski definition) is 1. The second-order valence-corrected chi connectivity index (χ2v) is 6.02. The van der Waals surface area contributed by atoms with Crippen LogP contribution in [0.1, 0.15) is 29.6 Å². The van der Waals surface area contributed by atoms with Crippen LogP contribution in [0.5, 0.6) is 0 Å². The van der Waals surface area contributed by atoms with E-state index in [0.717, 1.165) is 25.2 Å². The molecule has 2 N–H and O–H groups in total.